The molecular formula is C22H16ClFN2O2. The van der Waals surface area contributed by atoms with E-state index in [4.69, 9.17) is 21.1 Å². The lowest BCUT2D eigenvalue weighted by Gasteiger charge is -2.09. The molecule has 3 aromatic carbocycles. The summed E-state index contributed by atoms with van der Waals surface area (Å²) in [7, 11) is 0. The Labute approximate surface area is 166 Å². The van der Waals surface area contributed by atoms with Crippen LogP contribution in [0.4, 0.5) is 4.39 Å². The van der Waals surface area contributed by atoms with Crippen LogP contribution in [0, 0.1) is 5.82 Å². The number of hydrogen-bond acceptors (Lipinski definition) is 4. The van der Waals surface area contributed by atoms with E-state index in [1.54, 1.807) is 24.3 Å². The number of nitrogens with zero attached hydrogens (tertiary/aromatic N) is 2. The van der Waals surface area contributed by atoms with E-state index in [1.807, 2.05) is 36.4 Å². The zero-order chi connectivity index (χ0) is 19.3. The fraction of sp³-hybridized carbons (Fsp3) is 0.0909. The highest BCUT2D eigenvalue weighted by molar-refractivity contribution is 6.30. The summed E-state index contributed by atoms with van der Waals surface area (Å²) >= 11 is 5.87. The third kappa shape index (κ3) is 4.21. The quantitative estimate of drug-likeness (QED) is 0.412. The van der Waals surface area contributed by atoms with E-state index in [2.05, 4.69) is 9.97 Å². The summed E-state index contributed by atoms with van der Waals surface area (Å²) in [5.41, 5.74) is 1.35. The highest BCUT2D eigenvalue weighted by Gasteiger charge is 2.08. The van der Waals surface area contributed by atoms with E-state index in [0.29, 0.717) is 29.3 Å². The van der Waals surface area contributed by atoms with Crippen molar-refractivity contribution in [1.82, 2.24) is 9.97 Å². The number of halogens is 2. The van der Waals surface area contributed by atoms with Gasteiger partial charge in [0.2, 0.25) is 5.88 Å². The Hall–Kier alpha value is -3.18. The van der Waals surface area contributed by atoms with Crippen molar-refractivity contribution in [1.29, 1.82) is 0 Å². The number of hydrogen-bond donors (Lipinski definition) is 0. The molecule has 6 heteroatoms. The van der Waals surface area contributed by atoms with E-state index in [-0.39, 0.29) is 11.3 Å². The maximum Gasteiger partial charge on any atom is 0.224 e. The fourth-order valence-corrected chi connectivity index (χ4v) is 2.90. The van der Waals surface area contributed by atoms with Gasteiger partial charge in [-0.2, -0.15) is 0 Å². The van der Waals surface area contributed by atoms with Gasteiger partial charge in [0, 0.05) is 11.4 Å². The summed E-state index contributed by atoms with van der Waals surface area (Å²) in [6, 6.07) is 19.7. The minimum atomic E-state index is -0.388. The Balaban J connectivity index is 1.37. The van der Waals surface area contributed by atoms with Gasteiger partial charge in [0.05, 0.1) is 12.0 Å². The molecule has 28 heavy (non-hydrogen) atoms. The standard InChI is InChI=1S/C22H16ClFN2O2/c23-16-6-10-18(11-7-16)28-17-8-4-15(5-9-17)12-13-27-22-19-2-1-3-20(24)21(19)25-14-26-22/h1-11,14H,12-13H2. The summed E-state index contributed by atoms with van der Waals surface area (Å²) in [6.45, 7) is 0.417. The molecule has 0 spiro atoms. The van der Waals surface area contributed by atoms with Crippen LogP contribution >= 0.6 is 11.6 Å². The average molecular weight is 395 g/mol. The van der Waals surface area contributed by atoms with Gasteiger partial charge < -0.3 is 9.47 Å². The molecule has 1 aromatic heterocycles. The zero-order valence-electron chi connectivity index (χ0n) is 14.8. The Morgan fingerprint density at radius 1 is 0.857 bits per heavy atom. The van der Waals surface area contributed by atoms with E-state index in [1.165, 1.54) is 12.4 Å². The number of fused-ring (bicyclic) bond motifs is 1. The van der Waals surface area contributed by atoms with Crippen molar-refractivity contribution in [2.24, 2.45) is 0 Å². The highest BCUT2D eigenvalue weighted by atomic mass is 35.5. The van der Waals surface area contributed by atoms with Crippen molar-refractivity contribution in [3.05, 3.63) is 89.5 Å². The monoisotopic (exact) mass is 394 g/mol. The minimum Gasteiger partial charge on any atom is -0.477 e. The predicted octanol–water partition coefficient (Wildman–Crippen LogP) is 5.84. The molecule has 0 saturated carbocycles. The minimum absolute atomic E-state index is 0.260. The third-order valence-electron chi connectivity index (χ3n) is 4.18. The van der Waals surface area contributed by atoms with E-state index >= 15 is 0 Å². The molecule has 0 amide bonds. The molecule has 0 N–H and O–H groups in total. The van der Waals surface area contributed by atoms with Gasteiger partial charge in [-0.1, -0.05) is 29.8 Å². The first-order valence-electron chi connectivity index (χ1n) is 8.73. The SMILES string of the molecule is Fc1cccc2c(OCCc3ccc(Oc4ccc(Cl)cc4)cc3)ncnc12. The predicted molar refractivity (Wildman–Crippen MR) is 107 cm³/mol. The Bertz CT molecular complexity index is 1090. The van der Waals surface area contributed by atoms with Crippen molar-refractivity contribution in [3.8, 4) is 17.4 Å². The van der Waals surface area contributed by atoms with E-state index < -0.39 is 0 Å². The molecule has 0 aliphatic heterocycles. The number of aromatic nitrogens is 2. The molecule has 0 aliphatic rings. The van der Waals surface area contributed by atoms with E-state index in [0.717, 1.165) is 17.1 Å². The Morgan fingerprint density at radius 2 is 1.57 bits per heavy atom. The van der Waals surface area contributed by atoms with Crippen molar-refractivity contribution in [3.63, 3.8) is 0 Å². The summed E-state index contributed by atoms with van der Waals surface area (Å²) in [4.78, 5) is 8.09. The van der Waals surface area contributed by atoms with Crippen LogP contribution in [0.25, 0.3) is 10.9 Å². The summed E-state index contributed by atoms with van der Waals surface area (Å²) in [5, 5.41) is 1.23. The van der Waals surface area contributed by atoms with Crippen molar-refractivity contribution in [2.45, 2.75) is 6.42 Å². The molecule has 0 unspecified atom stereocenters. The average Bonchev–Trinajstić information content (AvgIpc) is 2.72. The van der Waals surface area contributed by atoms with Crippen LogP contribution in [0.5, 0.6) is 17.4 Å². The summed E-state index contributed by atoms with van der Waals surface area (Å²) in [6.07, 6.45) is 1.99. The van der Waals surface area contributed by atoms with Crippen LogP contribution in [0.15, 0.2) is 73.1 Å². The van der Waals surface area contributed by atoms with Crippen LogP contribution < -0.4 is 9.47 Å². The first kappa shape index (κ1) is 18.2. The third-order valence-corrected chi connectivity index (χ3v) is 4.43. The maximum absolute atomic E-state index is 13.8. The van der Waals surface area contributed by atoms with Crippen molar-refractivity contribution >= 4 is 22.5 Å². The van der Waals surface area contributed by atoms with Crippen molar-refractivity contribution < 1.29 is 13.9 Å². The molecule has 0 radical (unpaired) electrons. The van der Waals surface area contributed by atoms with E-state index in [9.17, 15) is 4.39 Å². The zero-order valence-corrected chi connectivity index (χ0v) is 15.6. The molecule has 4 rings (SSSR count). The van der Waals surface area contributed by atoms with Gasteiger partial charge in [0.25, 0.3) is 0 Å². The second-order valence-electron chi connectivity index (χ2n) is 6.11. The molecule has 4 aromatic rings. The molecule has 0 atom stereocenters. The van der Waals surface area contributed by atoms with Crippen molar-refractivity contribution in [2.75, 3.05) is 6.61 Å². The second-order valence-corrected chi connectivity index (χ2v) is 6.55. The van der Waals surface area contributed by atoms with Gasteiger partial charge in [0.1, 0.15) is 29.2 Å². The second kappa shape index (κ2) is 8.23. The number of para-hydroxylation sites is 1. The van der Waals surface area contributed by atoms with Gasteiger partial charge in [-0.15, -0.1) is 0 Å². The van der Waals surface area contributed by atoms with Gasteiger partial charge >= 0.3 is 0 Å². The topological polar surface area (TPSA) is 44.2 Å². The Morgan fingerprint density at radius 3 is 2.32 bits per heavy atom. The fourth-order valence-electron chi connectivity index (χ4n) is 2.77. The maximum atomic E-state index is 13.8. The van der Waals surface area contributed by atoms with Crippen LogP contribution in [0.1, 0.15) is 5.56 Å². The summed E-state index contributed by atoms with van der Waals surface area (Å²) < 4.78 is 25.3. The van der Waals surface area contributed by atoms with Gasteiger partial charge in [-0.3, -0.25) is 0 Å². The lowest BCUT2D eigenvalue weighted by molar-refractivity contribution is 0.313. The molecule has 0 aliphatic carbocycles. The van der Waals surface area contributed by atoms with Gasteiger partial charge in [0.15, 0.2) is 0 Å². The van der Waals surface area contributed by atoms with Crippen LogP contribution in [0.2, 0.25) is 5.02 Å². The largest absolute Gasteiger partial charge is 0.477 e. The first-order chi connectivity index (χ1) is 13.7. The Kier molecular flexibility index (Phi) is 5.35. The summed E-state index contributed by atoms with van der Waals surface area (Å²) in [5.74, 6) is 1.46. The van der Waals surface area contributed by atoms with Crippen LogP contribution in [-0.2, 0) is 6.42 Å². The molecule has 140 valence electrons. The molecule has 0 bridgehead atoms. The van der Waals surface area contributed by atoms with Gasteiger partial charge in [-0.25, -0.2) is 14.4 Å². The lowest BCUT2D eigenvalue weighted by Crippen LogP contribution is -2.04. The van der Waals surface area contributed by atoms with Gasteiger partial charge in [-0.05, 0) is 54.1 Å². The molecule has 1 heterocycles. The molecule has 0 fully saturated rings. The molecular weight excluding hydrogens is 379 g/mol. The first-order valence-corrected chi connectivity index (χ1v) is 9.11. The molecule has 4 nitrogen and oxygen atoms in total. The highest BCUT2D eigenvalue weighted by Crippen LogP contribution is 2.25. The lowest BCUT2D eigenvalue weighted by atomic mass is 10.1. The number of ether oxygens (including phenoxy) is 2. The number of rotatable bonds is 6. The normalized spacial score (nSPS) is 10.8. The molecule has 0 saturated heterocycles. The van der Waals surface area contributed by atoms with Crippen LogP contribution in [0.3, 0.4) is 0 Å². The smallest absolute Gasteiger partial charge is 0.224 e. The number of benzene rings is 3. The van der Waals surface area contributed by atoms with Crippen LogP contribution in [-0.4, -0.2) is 16.6 Å².